The maximum atomic E-state index is 11.2. The Morgan fingerprint density at radius 2 is 1.42 bits per heavy atom. The second kappa shape index (κ2) is 9.54. The third kappa shape index (κ3) is 5.43. The first-order valence-corrected chi connectivity index (χ1v) is 9.82. The molecular formula is C23H29NO2. The van der Waals surface area contributed by atoms with Crippen LogP contribution in [0.3, 0.4) is 0 Å². The molecule has 2 N–H and O–H groups in total. The quantitative estimate of drug-likeness (QED) is 0.470. The van der Waals surface area contributed by atoms with Crippen LogP contribution in [0.4, 0.5) is 0 Å². The Bertz CT molecular complexity index is 698. The van der Waals surface area contributed by atoms with Gasteiger partial charge in [0.15, 0.2) is 6.10 Å². The molecule has 0 unspecified atom stereocenters. The van der Waals surface area contributed by atoms with E-state index in [-0.39, 0.29) is 12.0 Å². The molecule has 0 aromatic heterocycles. The highest BCUT2D eigenvalue weighted by Crippen LogP contribution is 2.40. The van der Waals surface area contributed by atoms with E-state index in [4.69, 9.17) is 10.5 Å². The fraction of sp³-hybridized carbons (Fsp3) is 0.435. The van der Waals surface area contributed by atoms with Crippen LogP contribution in [0.1, 0.15) is 61.3 Å². The van der Waals surface area contributed by atoms with Crippen molar-refractivity contribution < 1.29 is 9.53 Å². The zero-order chi connectivity index (χ0) is 18.2. The van der Waals surface area contributed by atoms with E-state index in [2.05, 4.69) is 48.5 Å². The second-order valence-corrected chi connectivity index (χ2v) is 7.19. The normalized spacial score (nSPS) is 18.6. The maximum absolute atomic E-state index is 11.2. The van der Waals surface area contributed by atoms with E-state index >= 15 is 0 Å². The average molecular weight is 351 g/mol. The van der Waals surface area contributed by atoms with Gasteiger partial charge in [0.05, 0.1) is 0 Å². The largest absolute Gasteiger partial charge is 0.367 e. The molecule has 0 saturated carbocycles. The van der Waals surface area contributed by atoms with Crippen LogP contribution in [-0.2, 0) is 22.4 Å². The number of aryl methyl sites for hydroxylation is 2. The molecule has 3 heteroatoms. The molecule has 2 aromatic carbocycles. The summed E-state index contributed by atoms with van der Waals surface area (Å²) < 4.78 is 5.44. The van der Waals surface area contributed by atoms with Gasteiger partial charge in [-0.2, -0.15) is 0 Å². The highest BCUT2D eigenvalue weighted by atomic mass is 16.6. The van der Waals surface area contributed by atoms with E-state index < -0.39 is 6.10 Å². The Morgan fingerprint density at radius 3 is 2.12 bits per heavy atom. The van der Waals surface area contributed by atoms with Crippen LogP contribution < -0.4 is 5.73 Å². The van der Waals surface area contributed by atoms with Crippen molar-refractivity contribution in [3.63, 3.8) is 0 Å². The summed E-state index contributed by atoms with van der Waals surface area (Å²) in [5.74, 6) is -0.361. The Hall–Kier alpha value is -2.13. The number of epoxide rings is 1. The third-order valence-electron chi connectivity index (χ3n) is 5.14. The van der Waals surface area contributed by atoms with Gasteiger partial charge >= 0.3 is 0 Å². The van der Waals surface area contributed by atoms with Crippen LogP contribution in [0.15, 0.2) is 54.6 Å². The minimum absolute atomic E-state index is 0.123. The van der Waals surface area contributed by atoms with E-state index in [1.54, 1.807) is 0 Å². The number of hydrogen-bond donors (Lipinski definition) is 1. The van der Waals surface area contributed by atoms with Crippen LogP contribution in [0.5, 0.6) is 0 Å². The van der Waals surface area contributed by atoms with Crippen molar-refractivity contribution in [2.45, 2.75) is 63.6 Å². The van der Waals surface area contributed by atoms with Gasteiger partial charge in [0.2, 0.25) is 5.91 Å². The van der Waals surface area contributed by atoms with Gasteiger partial charge in [-0.1, -0.05) is 80.3 Å². The number of carbonyl (C=O) groups is 1. The monoisotopic (exact) mass is 351 g/mol. The molecular weight excluding hydrogens is 322 g/mol. The molecule has 138 valence electrons. The van der Waals surface area contributed by atoms with E-state index in [1.807, 2.05) is 6.07 Å². The molecule has 1 aliphatic rings. The number of nitrogens with two attached hydrogens (primary N) is 1. The lowest BCUT2D eigenvalue weighted by Gasteiger charge is -2.07. The highest BCUT2D eigenvalue weighted by molar-refractivity contribution is 5.82. The summed E-state index contributed by atoms with van der Waals surface area (Å²) in [6, 6.07) is 19.0. The van der Waals surface area contributed by atoms with Gasteiger partial charge in [-0.15, -0.1) is 0 Å². The Balaban J connectivity index is 1.30. The molecule has 0 spiro atoms. The van der Waals surface area contributed by atoms with E-state index in [0.717, 1.165) is 12.0 Å². The van der Waals surface area contributed by atoms with Gasteiger partial charge < -0.3 is 10.5 Å². The number of rotatable bonds is 11. The molecule has 3 rings (SSSR count). The van der Waals surface area contributed by atoms with Crippen molar-refractivity contribution in [3.05, 3.63) is 71.3 Å². The first kappa shape index (κ1) is 18.7. The van der Waals surface area contributed by atoms with Crippen LogP contribution in [0, 0.1) is 0 Å². The minimum Gasteiger partial charge on any atom is -0.367 e. The minimum atomic E-state index is -0.430. The van der Waals surface area contributed by atoms with E-state index in [1.165, 1.54) is 56.1 Å². The summed E-state index contributed by atoms with van der Waals surface area (Å²) in [4.78, 5) is 11.2. The number of unbranched alkanes of at least 4 members (excludes halogenated alkanes) is 5. The molecule has 2 aromatic rings. The van der Waals surface area contributed by atoms with Gasteiger partial charge in [-0.05, 0) is 42.4 Å². The summed E-state index contributed by atoms with van der Waals surface area (Å²) in [6.07, 6.45) is 9.31. The Labute approximate surface area is 156 Å². The lowest BCUT2D eigenvalue weighted by Crippen LogP contribution is -2.18. The fourth-order valence-corrected chi connectivity index (χ4v) is 3.60. The zero-order valence-electron chi connectivity index (χ0n) is 15.4. The number of carbonyl (C=O) groups excluding carboxylic acids is 1. The summed E-state index contributed by atoms with van der Waals surface area (Å²) in [7, 11) is 0. The molecule has 0 bridgehead atoms. The summed E-state index contributed by atoms with van der Waals surface area (Å²) in [5.41, 5.74) is 9.21. The second-order valence-electron chi connectivity index (χ2n) is 7.19. The summed E-state index contributed by atoms with van der Waals surface area (Å²) in [5, 5.41) is 0. The lowest BCUT2D eigenvalue weighted by molar-refractivity contribution is -0.119. The van der Waals surface area contributed by atoms with Gasteiger partial charge in [0.1, 0.15) is 6.10 Å². The molecule has 2 atom stereocenters. The third-order valence-corrected chi connectivity index (χ3v) is 5.14. The Morgan fingerprint density at radius 1 is 0.808 bits per heavy atom. The van der Waals surface area contributed by atoms with Crippen molar-refractivity contribution in [1.82, 2.24) is 0 Å². The number of benzene rings is 2. The smallest absolute Gasteiger partial charge is 0.249 e. The molecule has 1 heterocycles. The average Bonchev–Trinajstić information content (AvgIpc) is 3.46. The number of hydrogen-bond acceptors (Lipinski definition) is 2. The predicted molar refractivity (Wildman–Crippen MR) is 105 cm³/mol. The molecule has 0 radical (unpaired) electrons. The number of ether oxygens (including phenoxy) is 1. The molecule has 0 aliphatic carbocycles. The van der Waals surface area contributed by atoms with Crippen molar-refractivity contribution >= 4 is 5.91 Å². The standard InChI is InChI=1S/C23H29NO2/c24-23(25)22-21(26-22)20-17-11-10-16-19(20)15-9-4-2-1-3-6-12-18-13-7-5-8-14-18/h5,7-8,10-11,13-14,16-17,21-22H,1-4,6,9,12,15H2,(H2,24,25)/t21-,22-/m1/s1. The highest BCUT2D eigenvalue weighted by Gasteiger charge is 2.45. The van der Waals surface area contributed by atoms with Crippen LogP contribution in [0.2, 0.25) is 0 Å². The first-order valence-electron chi connectivity index (χ1n) is 9.82. The first-order chi connectivity index (χ1) is 12.8. The Kier molecular flexibility index (Phi) is 6.84. The van der Waals surface area contributed by atoms with E-state index in [0.29, 0.717) is 0 Å². The maximum Gasteiger partial charge on any atom is 0.249 e. The SMILES string of the molecule is NC(=O)[C@@H]1O[C@@H]1c1ccccc1CCCCCCCCc1ccccc1. The van der Waals surface area contributed by atoms with Gasteiger partial charge in [0.25, 0.3) is 0 Å². The lowest BCUT2D eigenvalue weighted by atomic mass is 9.97. The molecule has 3 nitrogen and oxygen atoms in total. The topological polar surface area (TPSA) is 55.6 Å². The summed E-state index contributed by atoms with van der Waals surface area (Å²) in [6.45, 7) is 0. The summed E-state index contributed by atoms with van der Waals surface area (Å²) >= 11 is 0. The number of primary amides is 1. The van der Waals surface area contributed by atoms with Crippen molar-refractivity contribution in [3.8, 4) is 0 Å². The van der Waals surface area contributed by atoms with Crippen molar-refractivity contribution in [2.24, 2.45) is 5.73 Å². The van der Waals surface area contributed by atoms with Gasteiger partial charge in [0, 0.05) is 0 Å². The molecule has 1 aliphatic heterocycles. The van der Waals surface area contributed by atoms with Crippen molar-refractivity contribution in [2.75, 3.05) is 0 Å². The molecule has 1 saturated heterocycles. The zero-order valence-corrected chi connectivity index (χ0v) is 15.4. The number of amides is 1. The molecule has 26 heavy (non-hydrogen) atoms. The van der Waals surface area contributed by atoms with Crippen LogP contribution in [-0.4, -0.2) is 12.0 Å². The molecule has 1 amide bonds. The van der Waals surface area contributed by atoms with Crippen LogP contribution in [0.25, 0.3) is 0 Å². The van der Waals surface area contributed by atoms with Gasteiger partial charge in [-0.3, -0.25) is 4.79 Å². The van der Waals surface area contributed by atoms with Crippen molar-refractivity contribution in [1.29, 1.82) is 0 Å². The predicted octanol–water partition coefficient (Wildman–Crippen LogP) is 4.74. The van der Waals surface area contributed by atoms with Crippen LogP contribution >= 0.6 is 0 Å². The van der Waals surface area contributed by atoms with Gasteiger partial charge in [-0.25, -0.2) is 0 Å². The molecule has 1 fully saturated rings. The fourth-order valence-electron chi connectivity index (χ4n) is 3.60. The van der Waals surface area contributed by atoms with E-state index in [9.17, 15) is 4.79 Å².